The number of thiazole rings is 1. The second-order valence-corrected chi connectivity index (χ2v) is 9.88. The highest BCUT2D eigenvalue weighted by molar-refractivity contribution is 7.93. The van der Waals surface area contributed by atoms with Gasteiger partial charge in [-0.2, -0.15) is 0 Å². The molecule has 1 N–H and O–H groups in total. The normalized spacial score (nSPS) is 19.7. The number of anilines is 1. The standard InChI is InChI=1S/C19H23N3O4S2/c23-18(22-9-8-15(10-22)12-26-11-14-6-7-14)17-13-27-19(20-17)21-28(24,25)16-4-2-1-3-5-16/h1-5,13-15H,6-12H2,(H,20,21). The lowest BCUT2D eigenvalue weighted by atomic mass is 10.1. The number of aromatic nitrogens is 1. The molecule has 1 aromatic carbocycles. The molecule has 1 saturated heterocycles. The van der Waals surface area contributed by atoms with Crippen molar-refractivity contribution < 1.29 is 17.9 Å². The molecule has 150 valence electrons. The Labute approximate surface area is 168 Å². The van der Waals surface area contributed by atoms with Gasteiger partial charge in [0.15, 0.2) is 5.13 Å². The van der Waals surface area contributed by atoms with E-state index in [4.69, 9.17) is 4.74 Å². The van der Waals surface area contributed by atoms with Gasteiger partial charge in [-0.15, -0.1) is 11.3 Å². The van der Waals surface area contributed by atoms with Crippen LogP contribution < -0.4 is 4.72 Å². The van der Waals surface area contributed by atoms with Crippen molar-refractivity contribution in [2.45, 2.75) is 24.2 Å². The average Bonchev–Trinajstić information content (AvgIpc) is 3.20. The first-order chi connectivity index (χ1) is 13.5. The predicted molar refractivity (Wildman–Crippen MR) is 107 cm³/mol. The van der Waals surface area contributed by atoms with E-state index < -0.39 is 10.0 Å². The van der Waals surface area contributed by atoms with Gasteiger partial charge in [0.2, 0.25) is 0 Å². The van der Waals surface area contributed by atoms with Crippen LogP contribution in [0.15, 0.2) is 40.6 Å². The average molecular weight is 422 g/mol. The van der Waals surface area contributed by atoms with Crippen LogP contribution in [0.5, 0.6) is 0 Å². The van der Waals surface area contributed by atoms with E-state index in [-0.39, 0.29) is 21.6 Å². The van der Waals surface area contributed by atoms with Crippen LogP contribution in [0, 0.1) is 11.8 Å². The van der Waals surface area contributed by atoms with E-state index in [2.05, 4.69) is 9.71 Å². The van der Waals surface area contributed by atoms with Gasteiger partial charge < -0.3 is 9.64 Å². The van der Waals surface area contributed by atoms with Crippen LogP contribution in [0.3, 0.4) is 0 Å². The number of nitrogens with zero attached hydrogens (tertiary/aromatic N) is 2. The molecular weight excluding hydrogens is 398 g/mol. The molecule has 1 aromatic heterocycles. The van der Waals surface area contributed by atoms with Gasteiger partial charge >= 0.3 is 0 Å². The van der Waals surface area contributed by atoms with Crippen LogP contribution >= 0.6 is 11.3 Å². The highest BCUT2D eigenvalue weighted by Gasteiger charge is 2.29. The van der Waals surface area contributed by atoms with Crippen molar-refractivity contribution in [3.8, 4) is 0 Å². The SMILES string of the molecule is O=C(c1csc(NS(=O)(=O)c2ccccc2)n1)N1CCC(COCC2CC2)C1. The number of carbonyl (C=O) groups is 1. The van der Waals surface area contributed by atoms with Crippen molar-refractivity contribution in [3.63, 3.8) is 0 Å². The molecule has 0 spiro atoms. The monoisotopic (exact) mass is 421 g/mol. The lowest BCUT2D eigenvalue weighted by Crippen LogP contribution is -2.29. The summed E-state index contributed by atoms with van der Waals surface area (Å²) in [5.74, 6) is 0.940. The van der Waals surface area contributed by atoms with Crippen LogP contribution in [-0.4, -0.2) is 50.5 Å². The van der Waals surface area contributed by atoms with Gasteiger partial charge in [0.05, 0.1) is 11.5 Å². The van der Waals surface area contributed by atoms with E-state index in [1.54, 1.807) is 28.5 Å². The molecule has 2 fully saturated rings. The molecule has 1 aliphatic heterocycles. The molecule has 1 amide bonds. The molecule has 28 heavy (non-hydrogen) atoms. The molecule has 1 atom stereocenters. The predicted octanol–water partition coefficient (Wildman–Crippen LogP) is 2.83. The summed E-state index contributed by atoms with van der Waals surface area (Å²) in [6.07, 6.45) is 3.47. The summed E-state index contributed by atoms with van der Waals surface area (Å²) < 4.78 is 32.9. The molecule has 1 unspecified atom stereocenters. The summed E-state index contributed by atoms with van der Waals surface area (Å²) in [7, 11) is -3.71. The number of amides is 1. The fourth-order valence-electron chi connectivity index (χ4n) is 3.19. The molecule has 2 aliphatic rings. The van der Waals surface area contributed by atoms with Crippen LogP contribution in [0.1, 0.15) is 29.8 Å². The molecule has 9 heteroatoms. The zero-order valence-electron chi connectivity index (χ0n) is 15.4. The van der Waals surface area contributed by atoms with Crippen molar-refractivity contribution in [3.05, 3.63) is 41.4 Å². The Balaban J connectivity index is 1.33. The number of benzene rings is 1. The lowest BCUT2D eigenvalue weighted by Gasteiger charge is -2.15. The topological polar surface area (TPSA) is 88.6 Å². The summed E-state index contributed by atoms with van der Waals surface area (Å²) in [5.41, 5.74) is 0.273. The van der Waals surface area contributed by atoms with E-state index in [0.29, 0.717) is 25.6 Å². The number of ether oxygens (including phenoxy) is 1. The Morgan fingerprint density at radius 1 is 1.18 bits per heavy atom. The van der Waals surface area contributed by atoms with E-state index in [9.17, 15) is 13.2 Å². The number of hydrogen-bond acceptors (Lipinski definition) is 6. The van der Waals surface area contributed by atoms with Gasteiger partial charge in [-0.1, -0.05) is 18.2 Å². The second-order valence-electron chi connectivity index (χ2n) is 7.34. The van der Waals surface area contributed by atoms with Gasteiger partial charge in [-0.25, -0.2) is 13.4 Å². The lowest BCUT2D eigenvalue weighted by molar-refractivity contribution is 0.0738. The van der Waals surface area contributed by atoms with Gasteiger partial charge in [0, 0.05) is 31.0 Å². The Morgan fingerprint density at radius 3 is 2.68 bits per heavy atom. The quantitative estimate of drug-likeness (QED) is 0.708. The minimum Gasteiger partial charge on any atom is -0.381 e. The third-order valence-corrected chi connectivity index (χ3v) is 7.22. The largest absolute Gasteiger partial charge is 0.381 e. The zero-order chi connectivity index (χ0) is 19.6. The van der Waals surface area contributed by atoms with Crippen molar-refractivity contribution in [1.29, 1.82) is 0 Å². The van der Waals surface area contributed by atoms with E-state index >= 15 is 0 Å². The Morgan fingerprint density at radius 2 is 1.93 bits per heavy atom. The van der Waals surface area contributed by atoms with E-state index in [1.165, 1.54) is 25.0 Å². The molecule has 0 bridgehead atoms. The zero-order valence-corrected chi connectivity index (χ0v) is 17.0. The number of hydrogen-bond donors (Lipinski definition) is 1. The van der Waals surface area contributed by atoms with Gasteiger partial charge in [-0.3, -0.25) is 9.52 Å². The van der Waals surface area contributed by atoms with Crippen LogP contribution in [0.2, 0.25) is 0 Å². The molecule has 2 aromatic rings. The van der Waals surface area contributed by atoms with Crippen LogP contribution in [-0.2, 0) is 14.8 Å². The number of likely N-dealkylation sites (tertiary alicyclic amines) is 1. The first-order valence-electron chi connectivity index (χ1n) is 9.42. The smallest absolute Gasteiger partial charge is 0.273 e. The van der Waals surface area contributed by atoms with Gasteiger partial charge in [0.25, 0.3) is 15.9 Å². The highest BCUT2D eigenvalue weighted by Crippen LogP contribution is 2.29. The first-order valence-corrected chi connectivity index (χ1v) is 11.8. The summed E-state index contributed by atoms with van der Waals surface area (Å²) in [5, 5.41) is 1.79. The Hall–Kier alpha value is -1.97. The minimum atomic E-state index is -3.71. The molecule has 0 radical (unpaired) electrons. The molecule has 4 rings (SSSR count). The maximum Gasteiger partial charge on any atom is 0.273 e. The first kappa shape index (κ1) is 19.4. The molecule has 7 nitrogen and oxygen atoms in total. The summed E-state index contributed by atoms with van der Waals surface area (Å²) in [6, 6.07) is 8.09. The number of sulfonamides is 1. The molecule has 1 saturated carbocycles. The summed E-state index contributed by atoms with van der Waals surface area (Å²) >= 11 is 1.11. The minimum absolute atomic E-state index is 0.159. The van der Waals surface area contributed by atoms with Crippen LogP contribution in [0.4, 0.5) is 5.13 Å². The summed E-state index contributed by atoms with van der Waals surface area (Å²) in [6.45, 7) is 2.87. The molecular formula is C19H23N3O4S2. The number of carbonyl (C=O) groups excluding carboxylic acids is 1. The van der Waals surface area contributed by atoms with Crippen molar-refractivity contribution >= 4 is 32.4 Å². The number of rotatable bonds is 8. The number of nitrogens with one attached hydrogen (secondary N) is 1. The fourth-order valence-corrected chi connectivity index (χ4v) is 5.15. The third kappa shape index (κ3) is 4.71. The molecule has 1 aliphatic carbocycles. The Kier molecular flexibility index (Phi) is 5.65. The van der Waals surface area contributed by atoms with Crippen molar-refractivity contribution in [1.82, 2.24) is 9.88 Å². The van der Waals surface area contributed by atoms with E-state index in [0.717, 1.165) is 30.3 Å². The Bertz CT molecular complexity index is 926. The maximum absolute atomic E-state index is 12.7. The molecule has 2 heterocycles. The van der Waals surface area contributed by atoms with Gasteiger partial charge in [0.1, 0.15) is 5.69 Å². The van der Waals surface area contributed by atoms with Crippen molar-refractivity contribution in [2.24, 2.45) is 11.8 Å². The summed E-state index contributed by atoms with van der Waals surface area (Å²) in [4.78, 5) is 18.8. The van der Waals surface area contributed by atoms with E-state index in [1.807, 2.05) is 0 Å². The fraction of sp³-hybridized carbons (Fsp3) is 0.474. The second kappa shape index (κ2) is 8.18. The van der Waals surface area contributed by atoms with Crippen molar-refractivity contribution in [2.75, 3.05) is 31.0 Å². The van der Waals surface area contributed by atoms with Crippen LogP contribution in [0.25, 0.3) is 0 Å². The maximum atomic E-state index is 12.7. The van der Waals surface area contributed by atoms with Gasteiger partial charge in [-0.05, 0) is 37.3 Å². The third-order valence-electron chi connectivity index (χ3n) is 4.98. The highest BCUT2D eigenvalue weighted by atomic mass is 32.2.